The Morgan fingerprint density at radius 1 is 0.767 bits per heavy atom. The van der Waals surface area contributed by atoms with E-state index in [1.54, 1.807) is 30.3 Å². The van der Waals surface area contributed by atoms with Crippen molar-refractivity contribution in [2.75, 3.05) is 57.7 Å². The van der Waals surface area contributed by atoms with E-state index < -0.39 is 0 Å². The van der Waals surface area contributed by atoms with Gasteiger partial charge in [-0.3, -0.25) is 9.59 Å². The van der Waals surface area contributed by atoms with Gasteiger partial charge in [0, 0.05) is 55.1 Å². The molecule has 0 amide bonds. The largest absolute Gasteiger partial charge is 0.384 e. The monoisotopic (exact) mass is 406 g/mol. The summed E-state index contributed by atoms with van der Waals surface area (Å²) in [6.07, 6.45) is 2.06. The van der Waals surface area contributed by atoms with Gasteiger partial charge in [-0.25, -0.2) is 0 Å². The zero-order valence-corrected chi connectivity index (χ0v) is 17.4. The third kappa shape index (κ3) is 4.31. The van der Waals surface area contributed by atoms with E-state index in [1.807, 2.05) is 12.1 Å². The van der Waals surface area contributed by atoms with Gasteiger partial charge in [-0.05, 0) is 38.5 Å². The number of nitrogens with two attached hydrogens (primary N) is 1. The number of rotatable bonds is 8. The van der Waals surface area contributed by atoms with Crippen LogP contribution in [0.5, 0.6) is 0 Å². The molecule has 6 heteroatoms. The Labute approximate surface area is 178 Å². The van der Waals surface area contributed by atoms with E-state index in [2.05, 4.69) is 15.1 Å². The molecule has 2 aliphatic rings. The minimum Gasteiger partial charge on any atom is -0.384 e. The van der Waals surface area contributed by atoms with Gasteiger partial charge in [0.15, 0.2) is 11.6 Å². The normalized spacial score (nSPS) is 17.0. The lowest BCUT2D eigenvalue weighted by Gasteiger charge is -2.34. The number of hydrogen-bond donors (Lipinski definition) is 2. The Kier molecular flexibility index (Phi) is 6.57. The summed E-state index contributed by atoms with van der Waals surface area (Å²) in [6, 6.07) is 12.6. The van der Waals surface area contributed by atoms with Crippen LogP contribution in [0.3, 0.4) is 0 Å². The van der Waals surface area contributed by atoms with E-state index in [4.69, 9.17) is 5.73 Å². The van der Waals surface area contributed by atoms with Crippen LogP contribution in [-0.2, 0) is 0 Å². The summed E-state index contributed by atoms with van der Waals surface area (Å²) in [6.45, 7) is 8.06. The van der Waals surface area contributed by atoms with Crippen molar-refractivity contribution in [1.82, 2.24) is 9.80 Å². The number of nitrogens with one attached hydrogen (secondary N) is 1. The molecule has 1 heterocycles. The van der Waals surface area contributed by atoms with E-state index in [1.165, 1.54) is 0 Å². The van der Waals surface area contributed by atoms with Gasteiger partial charge >= 0.3 is 0 Å². The Morgan fingerprint density at radius 3 is 2.03 bits per heavy atom. The zero-order chi connectivity index (χ0) is 20.9. The van der Waals surface area contributed by atoms with Crippen LogP contribution in [0.25, 0.3) is 0 Å². The molecule has 0 saturated carbocycles. The molecule has 30 heavy (non-hydrogen) atoms. The first-order valence-corrected chi connectivity index (χ1v) is 10.9. The first-order chi connectivity index (χ1) is 14.7. The molecule has 2 aromatic rings. The van der Waals surface area contributed by atoms with Crippen LogP contribution >= 0.6 is 0 Å². The molecule has 0 atom stereocenters. The number of ketones is 2. The number of benzene rings is 2. The maximum absolute atomic E-state index is 13.0. The number of fused-ring (bicyclic) bond motifs is 2. The predicted octanol–water partition coefficient (Wildman–Crippen LogP) is 2.23. The van der Waals surface area contributed by atoms with E-state index >= 15 is 0 Å². The Balaban J connectivity index is 1.33. The van der Waals surface area contributed by atoms with E-state index in [0.717, 1.165) is 70.9 Å². The van der Waals surface area contributed by atoms with Crippen molar-refractivity contribution in [2.24, 2.45) is 5.73 Å². The molecule has 6 nitrogen and oxygen atoms in total. The Bertz CT molecular complexity index is 919. The second kappa shape index (κ2) is 9.51. The van der Waals surface area contributed by atoms with Crippen molar-refractivity contribution in [3.63, 3.8) is 0 Å². The lowest BCUT2D eigenvalue weighted by molar-refractivity contribution is 0.0979. The smallest absolute Gasteiger partial charge is 0.196 e. The average Bonchev–Trinajstić information content (AvgIpc) is 2.79. The van der Waals surface area contributed by atoms with Gasteiger partial charge in [-0.1, -0.05) is 36.4 Å². The van der Waals surface area contributed by atoms with Crippen molar-refractivity contribution >= 4 is 17.3 Å². The van der Waals surface area contributed by atoms with Crippen LogP contribution in [0.4, 0.5) is 5.69 Å². The highest BCUT2D eigenvalue weighted by atomic mass is 16.1. The number of carbonyl (C=O) groups excluding carboxylic acids is 2. The van der Waals surface area contributed by atoms with Crippen molar-refractivity contribution in [3.05, 3.63) is 64.7 Å². The molecule has 0 radical (unpaired) electrons. The summed E-state index contributed by atoms with van der Waals surface area (Å²) in [5.41, 5.74) is 8.36. The van der Waals surface area contributed by atoms with E-state index in [9.17, 15) is 9.59 Å². The fourth-order valence-electron chi connectivity index (χ4n) is 4.37. The molecule has 1 saturated heterocycles. The van der Waals surface area contributed by atoms with E-state index in [-0.39, 0.29) is 11.6 Å². The van der Waals surface area contributed by atoms with Crippen molar-refractivity contribution in [2.45, 2.75) is 12.8 Å². The number of carbonyl (C=O) groups is 2. The number of hydrogen-bond acceptors (Lipinski definition) is 6. The molecule has 1 aliphatic carbocycles. The fraction of sp³-hybridized carbons (Fsp3) is 0.417. The fourth-order valence-corrected chi connectivity index (χ4v) is 4.37. The summed E-state index contributed by atoms with van der Waals surface area (Å²) < 4.78 is 0. The van der Waals surface area contributed by atoms with Crippen molar-refractivity contribution in [3.8, 4) is 0 Å². The third-order valence-corrected chi connectivity index (χ3v) is 6.06. The third-order valence-electron chi connectivity index (χ3n) is 6.06. The summed E-state index contributed by atoms with van der Waals surface area (Å²) in [4.78, 5) is 30.9. The van der Waals surface area contributed by atoms with Crippen LogP contribution < -0.4 is 11.1 Å². The first-order valence-electron chi connectivity index (χ1n) is 10.9. The maximum atomic E-state index is 13.0. The molecule has 0 unspecified atom stereocenters. The number of piperazine rings is 1. The van der Waals surface area contributed by atoms with E-state index in [0.29, 0.717) is 22.3 Å². The van der Waals surface area contributed by atoms with Crippen molar-refractivity contribution < 1.29 is 9.59 Å². The van der Waals surface area contributed by atoms with Gasteiger partial charge < -0.3 is 20.9 Å². The van der Waals surface area contributed by atoms with Gasteiger partial charge in [0.25, 0.3) is 0 Å². The molecular formula is C24H30N4O2. The second-order valence-corrected chi connectivity index (χ2v) is 8.04. The molecule has 4 rings (SSSR count). The summed E-state index contributed by atoms with van der Waals surface area (Å²) in [7, 11) is 0. The highest BCUT2D eigenvalue weighted by molar-refractivity contribution is 6.30. The van der Waals surface area contributed by atoms with Gasteiger partial charge in [0.2, 0.25) is 0 Å². The molecule has 1 fully saturated rings. The SMILES string of the molecule is NCCCN1CCN(CCCNc2cccc3c2C(=O)c2ccccc2C3=O)CC1. The summed E-state index contributed by atoms with van der Waals surface area (Å²) in [5, 5.41) is 3.41. The van der Waals surface area contributed by atoms with Crippen LogP contribution in [0.15, 0.2) is 42.5 Å². The molecular weight excluding hydrogens is 376 g/mol. The van der Waals surface area contributed by atoms with Gasteiger partial charge in [-0.2, -0.15) is 0 Å². The zero-order valence-electron chi connectivity index (χ0n) is 17.4. The minimum atomic E-state index is -0.0728. The Hall–Kier alpha value is -2.54. The van der Waals surface area contributed by atoms with Gasteiger partial charge in [0.05, 0.1) is 5.56 Å². The predicted molar refractivity (Wildman–Crippen MR) is 119 cm³/mol. The quantitative estimate of drug-likeness (QED) is 0.559. The molecule has 3 N–H and O–H groups in total. The summed E-state index contributed by atoms with van der Waals surface area (Å²) in [5.74, 6) is -0.145. The highest BCUT2D eigenvalue weighted by Gasteiger charge is 2.31. The first kappa shape index (κ1) is 20.7. The van der Waals surface area contributed by atoms with Crippen LogP contribution in [0.2, 0.25) is 0 Å². The molecule has 0 spiro atoms. The second-order valence-electron chi connectivity index (χ2n) is 8.04. The van der Waals surface area contributed by atoms with Crippen molar-refractivity contribution in [1.29, 1.82) is 0 Å². The average molecular weight is 407 g/mol. The number of nitrogens with zero attached hydrogens (tertiary/aromatic N) is 2. The maximum Gasteiger partial charge on any atom is 0.196 e. The lowest BCUT2D eigenvalue weighted by Crippen LogP contribution is -2.47. The standard InChI is InChI=1S/C24H30N4O2/c25-10-4-12-27-14-16-28(17-15-27)13-5-11-26-21-9-3-8-20-22(21)24(30)19-7-2-1-6-18(19)23(20)29/h1-3,6-9,26H,4-5,10-17,25H2. The lowest BCUT2D eigenvalue weighted by atomic mass is 9.83. The van der Waals surface area contributed by atoms with Crippen LogP contribution in [0.1, 0.15) is 44.7 Å². The topological polar surface area (TPSA) is 78.7 Å². The highest BCUT2D eigenvalue weighted by Crippen LogP contribution is 2.31. The number of anilines is 1. The molecule has 2 aromatic carbocycles. The van der Waals surface area contributed by atoms with Gasteiger partial charge in [-0.15, -0.1) is 0 Å². The Morgan fingerprint density at radius 2 is 1.37 bits per heavy atom. The minimum absolute atomic E-state index is 0.0723. The molecule has 158 valence electrons. The summed E-state index contributed by atoms with van der Waals surface area (Å²) >= 11 is 0. The molecule has 1 aliphatic heterocycles. The van der Waals surface area contributed by atoms with Gasteiger partial charge in [0.1, 0.15) is 0 Å². The molecule has 0 bridgehead atoms. The van der Waals surface area contributed by atoms with Crippen LogP contribution in [0, 0.1) is 0 Å². The van der Waals surface area contributed by atoms with Crippen LogP contribution in [-0.4, -0.2) is 73.7 Å². The molecule has 0 aromatic heterocycles.